The van der Waals surface area contributed by atoms with E-state index >= 15 is 0 Å². The number of aromatic nitrogens is 1. The Morgan fingerprint density at radius 1 is 1.25 bits per heavy atom. The molecule has 0 saturated carbocycles. The zero-order valence-corrected chi connectivity index (χ0v) is 12.9. The number of benzene rings is 1. The van der Waals surface area contributed by atoms with Crippen LogP contribution in [0.2, 0.25) is 5.02 Å². The van der Waals surface area contributed by atoms with Gasteiger partial charge in [0.1, 0.15) is 0 Å². The highest BCUT2D eigenvalue weighted by Gasteiger charge is 2.26. The summed E-state index contributed by atoms with van der Waals surface area (Å²) in [5.41, 5.74) is 3.13. The summed E-state index contributed by atoms with van der Waals surface area (Å²) in [4.78, 5) is 12.0. The summed E-state index contributed by atoms with van der Waals surface area (Å²) in [7, 11) is 1.37. The zero-order chi connectivity index (χ0) is 14.9. The summed E-state index contributed by atoms with van der Waals surface area (Å²) >= 11 is 6.47. The van der Waals surface area contributed by atoms with Crippen molar-refractivity contribution in [3.8, 4) is 11.3 Å². The van der Waals surface area contributed by atoms with E-state index in [0.29, 0.717) is 10.6 Å². The van der Waals surface area contributed by atoms with Crippen LogP contribution >= 0.6 is 11.6 Å². The number of esters is 1. The quantitative estimate of drug-likeness (QED) is 0.781. The first kappa shape index (κ1) is 14.7. The van der Waals surface area contributed by atoms with Crippen LogP contribution in [0, 0.1) is 6.92 Å². The lowest BCUT2D eigenvalue weighted by molar-refractivity contribution is 0.0600. The van der Waals surface area contributed by atoms with Gasteiger partial charge in [0.15, 0.2) is 0 Å². The molecule has 0 unspecified atom stereocenters. The highest BCUT2D eigenvalue weighted by Crippen LogP contribution is 2.38. The molecule has 3 nitrogen and oxygen atoms in total. The van der Waals surface area contributed by atoms with E-state index in [0.717, 1.165) is 17.0 Å². The lowest BCUT2D eigenvalue weighted by Crippen LogP contribution is -2.07. The lowest BCUT2D eigenvalue weighted by Gasteiger charge is -2.16. The summed E-state index contributed by atoms with van der Waals surface area (Å²) in [6.07, 6.45) is 0. The Kier molecular flexibility index (Phi) is 4.19. The minimum atomic E-state index is -0.399. The summed E-state index contributed by atoms with van der Waals surface area (Å²) in [6, 6.07) is 10.0. The Bertz CT molecular complexity index is 630. The summed E-state index contributed by atoms with van der Waals surface area (Å²) in [6.45, 7) is 6.03. The van der Waals surface area contributed by atoms with Crippen molar-refractivity contribution in [3.05, 3.63) is 46.6 Å². The van der Waals surface area contributed by atoms with Crippen molar-refractivity contribution in [1.29, 1.82) is 0 Å². The molecule has 2 rings (SSSR count). The molecule has 0 aliphatic rings. The number of methoxy groups -OCH3 is 1. The lowest BCUT2D eigenvalue weighted by atomic mass is 10.1. The van der Waals surface area contributed by atoms with Crippen molar-refractivity contribution in [1.82, 2.24) is 4.57 Å². The van der Waals surface area contributed by atoms with Gasteiger partial charge in [-0.2, -0.15) is 0 Å². The van der Waals surface area contributed by atoms with Crippen LogP contribution in [0.3, 0.4) is 0 Å². The average molecular weight is 292 g/mol. The normalized spacial score (nSPS) is 10.9. The largest absolute Gasteiger partial charge is 0.465 e. The molecule has 0 fully saturated rings. The van der Waals surface area contributed by atoms with E-state index in [1.165, 1.54) is 7.11 Å². The number of nitrogens with zero attached hydrogens (tertiary/aromatic N) is 1. The Morgan fingerprint density at radius 2 is 1.85 bits per heavy atom. The van der Waals surface area contributed by atoms with Crippen LogP contribution < -0.4 is 0 Å². The molecule has 0 amide bonds. The molecular weight excluding hydrogens is 274 g/mol. The Morgan fingerprint density at radius 3 is 2.35 bits per heavy atom. The van der Waals surface area contributed by atoms with Crippen molar-refractivity contribution in [2.24, 2.45) is 0 Å². The van der Waals surface area contributed by atoms with Crippen molar-refractivity contribution in [3.63, 3.8) is 0 Å². The molecule has 0 aliphatic heterocycles. The number of carbonyl (C=O) groups excluding carboxylic acids is 1. The monoisotopic (exact) mass is 291 g/mol. The third kappa shape index (κ3) is 2.34. The summed E-state index contributed by atoms with van der Waals surface area (Å²) in [5.74, 6) is -0.399. The number of rotatable bonds is 3. The number of hydrogen-bond donors (Lipinski definition) is 0. The zero-order valence-electron chi connectivity index (χ0n) is 12.1. The second-order valence-electron chi connectivity index (χ2n) is 4.94. The van der Waals surface area contributed by atoms with Crippen molar-refractivity contribution in [2.45, 2.75) is 26.8 Å². The molecule has 20 heavy (non-hydrogen) atoms. The molecule has 0 bridgehead atoms. The Balaban J connectivity index is 2.77. The highest BCUT2D eigenvalue weighted by molar-refractivity contribution is 6.36. The SMILES string of the molecule is COC(=O)c1c(Cl)c(-c2ccccc2)n(C(C)C)c1C. The number of carbonyl (C=O) groups is 1. The van der Waals surface area contributed by atoms with Gasteiger partial charge in [0, 0.05) is 11.7 Å². The fourth-order valence-corrected chi connectivity index (χ4v) is 2.93. The standard InChI is InChI=1S/C16H18ClNO2/c1-10(2)18-11(3)13(16(19)20-4)14(17)15(18)12-8-6-5-7-9-12/h5-10H,1-4H3. The molecule has 0 saturated heterocycles. The Labute approximate surface area is 124 Å². The second-order valence-corrected chi connectivity index (χ2v) is 5.32. The molecule has 0 spiro atoms. The van der Waals surface area contributed by atoms with Crippen LogP contribution in [-0.2, 0) is 4.74 Å². The first-order valence-corrected chi connectivity index (χ1v) is 6.90. The minimum absolute atomic E-state index is 0.195. The van der Waals surface area contributed by atoms with Gasteiger partial charge in [-0.25, -0.2) is 4.79 Å². The first-order valence-electron chi connectivity index (χ1n) is 6.53. The molecule has 106 valence electrons. The van der Waals surface area contributed by atoms with Crippen LogP contribution in [0.5, 0.6) is 0 Å². The van der Waals surface area contributed by atoms with Gasteiger partial charge < -0.3 is 9.30 Å². The molecular formula is C16H18ClNO2. The maximum Gasteiger partial charge on any atom is 0.341 e. The third-order valence-electron chi connectivity index (χ3n) is 3.34. The number of hydrogen-bond acceptors (Lipinski definition) is 2. The fourth-order valence-electron chi connectivity index (χ4n) is 2.52. The van der Waals surface area contributed by atoms with Gasteiger partial charge in [-0.05, 0) is 26.3 Å². The molecule has 1 aromatic carbocycles. The fraction of sp³-hybridized carbons (Fsp3) is 0.312. The molecule has 0 radical (unpaired) electrons. The van der Waals surface area contributed by atoms with E-state index in [1.807, 2.05) is 37.3 Å². The van der Waals surface area contributed by atoms with Crippen LogP contribution in [0.4, 0.5) is 0 Å². The maximum absolute atomic E-state index is 12.0. The van der Waals surface area contributed by atoms with Gasteiger partial charge in [0.05, 0.1) is 23.4 Å². The van der Waals surface area contributed by atoms with Gasteiger partial charge in [-0.15, -0.1) is 0 Å². The second kappa shape index (κ2) is 5.71. The van der Waals surface area contributed by atoms with E-state index < -0.39 is 5.97 Å². The van der Waals surface area contributed by atoms with E-state index in [1.54, 1.807) is 0 Å². The van der Waals surface area contributed by atoms with Crippen molar-refractivity contribution in [2.75, 3.05) is 7.11 Å². The van der Waals surface area contributed by atoms with Gasteiger partial charge in [0.2, 0.25) is 0 Å². The third-order valence-corrected chi connectivity index (χ3v) is 3.71. The maximum atomic E-state index is 12.0. The van der Waals surface area contributed by atoms with Crippen molar-refractivity contribution >= 4 is 17.6 Å². The summed E-state index contributed by atoms with van der Waals surface area (Å²) < 4.78 is 6.92. The van der Waals surface area contributed by atoms with Crippen LogP contribution in [0.15, 0.2) is 30.3 Å². The van der Waals surface area contributed by atoms with E-state index in [4.69, 9.17) is 16.3 Å². The number of ether oxygens (including phenoxy) is 1. The summed E-state index contributed by atoms with van der Waals surface area (Å²) in [5, 5.41) is 0.453. The molecule has 0 aliphatic carbocycles. The first-order chi connectivity index (χ1) is 9.49. The van der Waals surface area contributed by atoms with Crippen LogP contribution in [-0.4, -0.2) is 17.6 Å². The van der Waals surface area contributed by atoms with Crippen LogP contribution in [0.1, 0.15) is 35.9 Å². The molecule has 1 aromatic heterocycles. The Hall–Kier alpha value is -1.74. The average Bonchev–Trinajstić information content (AvgIpc) is 2.70. The molecule has 0 N–H and O–H groups in total. The molecule has 0 atom stereocenters. The smallest absolute Gasteiger partial charge is 0.341 e. The minimum Gasteiger partial charge on any atom is -0.465 e. The topological polar surface area (TPSA) is 31.2 Å². The molecule has 1 heterocycles. The van der Waals surface area contributed by atoms with Crippen LogP contribution in [0.25, 0.3) is 11.3 Å². The highest BCUT2D eigenvalue weighted by atomic mass is 35.5. The van der Waals surface area contributed by atoms with E-state index in [9.17, 15) is 4.79 Å². The molecule has 2 aromatic rings. The number of halogens is 1. The predicted molar refractivity (Wildman–Crippen MR) is 81.3 cm³/mol. The van der Waals surface area contributed by atoms with Gasteiger partial charge >= 0.3 is 5.97 Å². The van der Waals surface area contributed by atoms with Gasteiger partial charge in [-0.3, -0.25) is 0 Å². The van der Waals surface area contributed by atoms with Gasteiger partial charge in [-0.1, -0.05) is 41.9 Å². The predicted octanol–water partition coefficient (Wildman–Crippen LogP) is 4.48. The van der Waals surface area contributed by atoms with Crippen molar-refractivity contribution < 1.29 is 9.53 Å². The van der Waals surface area contributed by atoms with E-state index in [2.05, 4.69) is 18.4 Å². The van der Waals surface area contributed by atoms with E-state index in [-0.39, 0.29) is 6.04 Å². The van der Waals surface area contributed by atoms with Gasteiger partial charge in [0.25, 0.3) is 0 Å². The molecule has 4 heteroatoms.